The summed E-state index contributed by atoms with van der Waals surface area (Å²) in [6.45, 7) is 2.57. The average Bonchev–Trinajstić information content (AvgIpc) is 2.27. The lowest BCUT2D eigenvalue weighted by atomic mass is 9.99. The number of pyridine rings is 1. The van der Waals surface area contributed by atoms with Crippen LogP contribution in [0.2, 0.25) is 0 Å². The minimum atomic E-state index is 0.0481. The quantitative estimate of drug-likeness (QED) is 0.714. The van der Waals surface area contributed by atoms with Crippen molar-refractivity contribution < 1.29 is 9.53 Å². The molecule has 0 aromatic carbocycles. The Kier molecular flexibility index (Phi) is 4.98. The van der Waals surface area contributed by atoms with E-state index in [2.05, 4.69) is 4.98 Å². The Balaban J connectivity index is 2.42. The highest BCUT2D eigenvalue weighted by atomic mass is 16.5. The Morgan fingerprint density at radius 3 is 2.93 bits per heavy atom. The maximum absolute atomic E-state index is 11.7. The van der Waals surface area contributed by atoms with E-state index in [0.29, 0.717) is 13.0 Å². The number of nitrogens with zero attached hydrogens (tertiary/aromatic N) is 1. The summed E-state index contributed by atoms with van der Waals surface area (Å²) >= 11 is 0. The lowest BCUT2D eigenvalue weighted by Gasteiger charge is -2.08. The molecule has 0 fully saturated rings. The Labute approximate surface area is 90.5 Å². The first kappa shape index (κ1) is 11.9. The average molecular weight is 207 g/mol. The molecule has 1 aromatic rings. The Hall–Kier alpha value is -1.22. The Morgan fingerprint density at radius 1 is 1.53 bits per heavy atom. The number of rotatable bonds is 6. The first-order chi connectivity index (χ1) is 7.24. The maximum Gasteiger partial charge on any atom is 0.141 e. The van der Waals surface area contributed by atoms with Crippen molar-refractivity contribution in [3.8, 4) is 0 Å². The molecule has 0 aliphatic rings. The molecule has 0 saturated carbocycles. The third kappa shape index (κ3) is 4.21. The van der Waals surface area contributed by atoms with Crippen molar-refractivity contribution in [1.29, 1.82) is 0 Å². The molecular formula is C12H17NO2. The minimum Gasteiger partial charge on any atom is -0.385 e. The molecule has 0 saturated heterocycles. The largest absolute Gasteiger partial charge is 0.385 e. The zero-order chi connectivity index (χ0) is 11.1. The van der Waals surface area contributed by atoms with E-state index in [-0.39, 0.29) is 11.7 Å². The lowest BCUT2D eigenvalue weighted by molar-refractivity contribution is -0.122. The van der Waals surface area contributed by atoms with Gasteiger partial charge in [-0.1, -0.05) is 13.0 Å². The van der Waals surface area contributed by atoms with Crippen molar-refractivity contribution in [1.82, 2.24) is 4.98 Å². The Bertz CT molecular complexity index is 298. The van der Waals surface area contributed by atoms with E-state index in [1.54, 1.807) is 13.3 Å². The van der Waals surface area contributed by atoms with Gasteiger partial charge < -0.3 is 4.74 Å². The molecule has 1 heterocycles. The summed E-state index contributed by atoms with van der Waals surface area (Å²) in [5.74, 6) is 0.276. The summed E-state index contributed by atoms with van der Waals surface area (Å²) in [6, 6.07) is 5.62. The van der Waals surface area contributed by atoms with Crippen LogP contribution in [0.5, 0.6) is 0 Å². The molecule has 0 radical (unpaired) electrons. The van der Waals surface area contributed by atoms with Crippen LogP contribution in [0.25, 0.3) is 0 Å². The first-order valence-corrected chi connectivity index (χ1v) is 5.15. The summed E-state index contributed by atoms with van der Waals surface area (Å²) in [5.41, 5.74) is 0.840. The highest BCUT2D eigenvalue weighted by molar-refractivity contribution is 5.82. The van der Waals surface area contributed by atoms with Crippen LogP contribution in [0.3, 0.4) is 0 Å². The smallest absolute Gasteiger partial charge is 0.141 e. The molecule has 0 bridgehead atoms. The van der Waals surface area contributed by atoms with Crippen LogP contribution in [-0.4, -0.2) is 24.5 Å². The third-order valence-electron chi connectivity index (χ3n) is 2.39. The second kappa shape index (κ2) is 6.30. The fourth-order valence-electron chi connectivity index (χ4n) is 1.31. The summed E-state index contributed by atoms with van der Waals surface area (Å²) in [4.78, 5) is 15.9. The van der Waals surface area contributed by atoms with Gasteiger partial charge in [0.1, 0.15) is 5.78 Å². The van der Waals surface area contributed by atoms with Crippen LogP contribution in [0.1, 0.15) is 19.0 Å². The molecule has 3 heteroatoms. The van der Waals surface area contributed by atoms with E-state index in [1.807, 2.05) is 25.1 Å². The van der Waals surface area contributed by atoms with Gasteiger partial charge in [-0.15, -0.1) is 0 Å². The van der Waals surface area contributed by atoms with Crippen LogP contribution >= 0.6 is 0 Å². The van der Waals surface area contributed by atoms with Crippen LogP contribution in [0.15, 0.2) is 24.4 Å². The van der Waals surface area contributed by atoms with Gasteiger partial charge in [0.15, 0.2) is 0 Å². The molecule has 1 unspecified atom stereocenters. The van der Waals surface area contributed by atoms with E-state index in [0.717, 1.165) is 12.1 Å². The third-order valence-corrected chi connectivity index (χ3v) is 2.39. The van der Waals surface area contributed by atoms with E-state index < -0.39 is 0 Å². The van der Waals surface area contributed by atoms with Gasteiger partial charge in [-0.05, 0) is 18.6 Å². The fourth-order valence-corrected chi connectivity index (χ4v) is 1.31. The summed E-state index contributed by atoms with van der Waals surface area (Å²) in [7, 11) is 1.65. The van der Waals surface area contributed by atoms with Gasteiger partial charge in [-0.3, -0.25) is 9.78 Å². The maximum atomic E-state index is 11.7. The van der Waals surface area contributed by atoms with E-state index in [9.17, 15) is 4.79 Å². The number of Topliss-reactive ketones (excluding diaryl/α,β-unsaturated/α-hetero) is 1. The van der Waals surface area contributed by atoms with Crippen LogP contribution in [0.4, 0.5) is 0 Å². The number of methoxy groups -OCH3 is 1. The molecule has 15 heavy (non-hydrogen) atoms. The summed E-state index contributed by atoms with van der Waals surface area (Å²) in [5, 5.41) is 0. The standard InChI is InChI=1S/C12H17NO2/c1-10(6-8-15-2)12(14)9-11-5-3-4-7-13-11/h3-5,7,10H,6,8-9H2,1-2H3. The van der Waals surface area contributed by atoms with Crippen molar-refractivity contribution in [2.45, 2.75) is 19.8 Å². The normalized spacial score (nSPS) is 12.4. The molecule has 1 aromatic heterocycles. The number of hydrogen-bond donors (Lipinski definition) is 0. The molecule has 1 rings (SSSR count). The molecule has 82 valence electrons. The predicted molar refractivity (Wildman–Crippen MR) is 58.6 cm³/mol. The van der Waals surface area contributed by atoms with Gasteiger partial charge in [-0.2, -0.15) is 0 Å². The first-order valence-electron chi connectivity index (χ1n) is 5.15. The van der Waals surface area contributed by atoms with Crippen LogP contribution in [-0.2, 0) is 16.0 Å². The van der Waals surface area contributed by atoms with Crippen LogP contribution in [0, 0.1) is 5.92 Å². The SMILES string of the molecule is COCCC(C)C(=O)Cc1ccccn1. The van der Waals surface area contributed by atoms with Crippen molar-refractivity contribution in [2.75, 3.05) is 13.7 Å². The van der Waals surface area contributed by atoms with Gasteiger partial charge in [0.2, 0.25) is 0 Å². The second-order valence-corrected chi connectivity index (χ2v) is 3.65. The van der Waals surface area contributed by atoms with E-state index >= 15 is 0 Å². The highest BCUT2D eigenvalue weighted by Crippen LogP contribution is 2.07. The lowest BCUT2D eigenvalue weighted by Crippen LogP contribution is -2.16. The summed E-state index contributed by atoms with van der Waals surface area (Å²) in [6.07, 6.45) is 2.91. The second-order valence-electron chi connectivity index (χ2n) is 3.65. The molecule has 1 atom stereocenters. The van der Waals surface area contributed by atoms with E-state index in [1.165, 1.54) is 0 Å². The zero-order valence-corrected chi connectivity index (χ0v) is 9.27. The number of carbonyl (C=O) groups is 1. The predicted octanol–water partition coefficient (Wildman–Crippen LogP) is 1.87. The number of carbonyl (C=O) groups excluding carboxylic acids is 1. The van der Waals surface area contributed by atoms with Crippen molar-refractivity contribution in [2.24, 2.45) is 5.92 Å². The molecule has 0 amide bonds. The Morgan fingerprint density at radius 2 is 2.33 bits per heavy atom. The topological polar surface area (TPSA) is 39.2 Å². The molecule has 0 N–H and O–H groups in total. The molecule has 0 spiro atoms. The van der Waals surface area contributed by atoms with Gasteiger partial charge in [0.05, 0.1) is 0 Å². The number of ether oxygens (including phenoxy) is 1. The van der Waals surface area contributed by atoms with Gasteiger partial charge in [0, 0.05) is 37.9 Å². The van der Waals surface area contributed by atoms with Gasteiger partial charge in [0.25, 0.3) is 0 Å². The van der Waals surface area contributed by atoms with E-state index in [4.69, 9.17) is 4.74 Å². The number of ketones is 1. The van der Waals surface area contributed by atoms with Gasteiger partial charge >= 0.3 is 0 Å². The molecule has 0 aliphatic carbocycles. The number of hydrogen-bond acceptors (Lipinski definition) is 3. The number of aromatic nitrogens is 1. The van der Waals surface area contributed by atoms with Crippen molar-refractivity contribution in [3.05, 3.63) is 30.1 Å². The monoisotopic (exact) mass is 207 g/mol. The zero-order valence-electron chi connectivity index (χ0n) is 9.27. The molecular weight excluding hydrogens is 190 g/mol. The van der Waals surface area contributed by atoms with Crippen molar-refractivity contribution in [3.63, 3.8) is 0 Å². The molecule has 3 nitrogen and oxygen atoms in total. The summed E-state index contributed by atoms with van der Waals surface area (Å²) < 4.78 is 4.95. The highest BCUT2D eigenvalue weighted by Gasteiger charge is 2.13. The van der Waals surface area contributed by atoms with Crippen molar-refractivity contribution >= 4 is 5.78 Å². The molecule has 0 aliphatic heterocycles. The fraction of sp³-hybridized carbons (Fsp3) is 0.500. The van der Waals surface area contributed by atoms with Crippen LogP contribution < -0.4 is 0 Å². The minimum absolute atomic E-state index is 0.0481. The van der Waals surface area contributed by atoms with Gasteiger partial charge in [-0.25, -0.2) is 0 Å².